The largest absolute Gasteiger partial charge is 0.346 e. The molecule has 0 aliphatic carbocycles. The minimum atomic E-state index is -0.0944. The molecule has 0 saturated carbocycles. The first-order chi connectivity index (χ1) is 11.5. The van der Waals surface area contributed by atoms with E-state index in [1.165, 1.54) is 0 Å². The van der Waals surface area contributed by atoms with E-state index in [-0.39, 0.29) is 5.91 Å². The lowest BCUT2D eigenvalue weighted by Gasteiger charge is -2.11. The smallest absolute Gasteiger partial charge is 0.252 e. The monoisotopic (exact) mass is 340 g/mol. The van der Waals surface area contributed by atoms with Gasteiger partial charge < -0.3 is 9.88 Å². The van der Waals surface area contributed by atoms with Crippen LogP contribution >= 0.6 is 11.8 Å². The molecule has 6 heteroatoms. The zero-order chi connectivity index (χ0) is 17.3. The number of nitrogens with zero attached hydrogens (tertiary/aromatic N) is 3. The lowest BCUT2D eigenvalue weighted by atomic mass is 10.0. The number of imidazole rings is 1. The lowest BCUT2D eigenvalue weighted by molar-refractivity contribution is 0.0951. The third kappa shape index (κ3) is 3.01. The van der Waals surface area contributed by atoms with Gasteiger partial charge in [-0.05, 0) is 31.7 Å². The van der Waals surface area contributed by atoms with Crippen molar-refractivity contribution in [1.82, 2.24) is 19.9 Å². The van der Waals surface area contributed by atoms with Crippen LogP contribution < -0.4 is 5.32 Å². The highest BCUT2D eigenvalue weighted by atomic mass is 32.2. The standard InChI is InChI=1S/C18H20N4OS/c1-11-6-5-7-14-15(8-12(2)21-16(11)14)17(23)19-9-13-10-20-18(24-4)22(13)3/h5-8,10H,9H2,1-4H3,(H,19,23). The van der Waals surface area contributed by atoms with Gasteiger partial charge in [0.05, 0.1) is 29.5 Å². The number of para-hydroxylation sites is 1. The van der Waals surface area contributed by atoms with Gasteiger partial charge in [0.15, 0.2) is 5.16 Å². The molecule has 24 heavy (non-hydrogen) atoms. The first-order valence-electron chi connectivity index (χ1n) is 7.71. The zero-order valence-corrected chi connectivity index (χ0v) is 15.1. The van der Waals surface area contributed by atoms with E-state index in [9.17, 15) is 4.79 Å². The summed E-state index contributed by atoms with van der Waals surface area (Å²) in [7, 11) is 1.95. The number of pyridine rings is 1. The Morgan fingerprint density at radius 3 is 2.83 bits per heavy atom. The summed E-state index contributed by atoms with van der Waals surface area (Å²) in [4.78, 5) is 21.6. The Morgan fingerprint density at radius 2 is 2.12 bits per heavy atom. The number of aromatic nitrogens is 3. The number of carbonyl (C=O) groups excluding carboxylic acids is 1. The normalized spacial score (nSPS) is 11.0. The fourth-order valence-corrected chi connectivity index (χ4v) is 3.30. The summed E-state index contributed by atoms with van der Waals surface area (Å²) in [5, 5.41) is 4.81. The van der Waals surface area contributed by atoms with Crippen molar-refractivity contribution in [3.63, 3.8) is 0 Å². The Labute approximate surface area is 145 Å². The fourth-order valence-electron chi connectivity index (χ4n) is 2.75. The summed E-state index contributed by atoms with van der Waals surface area (Å²) in [6.45, 7) is 4.36. The molecule has 0 unspecified atom stereocenters. The predicted octanol–water partition coefficient (Wildman–Crippen LogP) is 3.24. The Bertz CT molecular complexity index is 917. The third-order valence-electron chi connectivity index (χ3n) is 4.07. The van der Waals surface area contributed by atoms with E-state index in [4.69, 9.17) is 0 Å². The maximum Gasteiger partial charge on any atom is 0.252 e. The van der Waals surface area contributed by atoms with Crippen LogP contribution in [-0.2, 0) is 13.6 Å². The van der Waals surface area contributed by atoms with Gasteiger partial charge in [0, 0.05) is 18.1 Å². The van der Waals surface area contributed by atoms with E-state index in [2.05, 4.69) is 15.3 Å². The Hall–Kier alpha value is -2.34. The van der Waals surface area contributed by atoms with Crippen molar-refractivity contribution in [3.05, 3.63) is 53.0 Å². The number of nitrogens with one attached hydrogen (secondary N) is 1. The number of carbonyl (C=O) groups is 1. The molecule has 0 radical (unpaired) electrons. The number of hydrogen-bond acceptors (Lipinski definition) is 4. The molecule has 0 fully saturated rings. The highest BCUT2D eigenvalue weighted by Crippen LogP contribution is 2.21. The molecule has 0 bridgehead atoms. The molecule has 1 aromatic carbocycles. The van der Waals surface area contributed by atoms with Crippen LogP contribution in [0.1, 0.15) is 27.3 Å². The number of thioether (sulfide) groups is 1. The lowest BCUT2D eigenvalue weighted by Crippen LogP contribution is -2.24. The van der Waals surface area contributed by atoms with Gasteiger partial charge in [-0.3, -0.25) is 9.78 Å². The van der Waals surface area contributed by atoms with Crippen LogP contribution in [0.3, 0.4) is 0 Å². The van der Waals surface area contributed by atoms with E-state index in [0.717, 1.165) is 33.0 Å². The number of rotatable bonds is 4. The maximum absolute atomic E-state index is 12.7. The second-order valence-corrected chi connectivity index (χ2v) is 6.53. The van der Waals surface area contributed by atoms with E-state index in [0.29, 0.717) is 12.1 Å². The van der Waals surface area contributed by atoms with Crippen LogP contribution in [0.4, 0.5) is 0 Å². The molecule has 1 amide bonds. The molecule has 0 aliphatic rings. The molecule has 0 saturated heterocycles. The van der Waals surface area contributed by atoms with Crippen molar-refractivity contribution in [2.24, 2.45) is 7.05 Å². The van der Waals surface area contributed by atoms with Gasteiger partial charge in [0.2, 0.25) is 0 Å². The molecule has 3 aromatic rings. The average molecular weight is 340 g/mol. The van der Waals surface area contributed by atoms with E-state index < -0.39 is 0 Å². The number of aryl methyl sites for hydroxylation is 2. The first kappa shape index (κ1) is 16.5. The molecule has 124 valence electrons. The molecule has 0 aliphatic heterocycles. The molecular weight excluding hydrogens is 320 g/mol. The Morgan fingerprint density at radius 1 is 1.33 bits per heavy atom. The number of amides is 1. The maximum atomic E-state index is 12.7. The Balaban J connectivity index is 1.89. The molecule has 1 N–H and O–H groups in total. The third-order valence-corrected chi connectivity index (χ3v) is 4.81. The number of benzene rings is 1. The average Bonchev–Trinajstić information content (AvgIpc) is 2.93. The van der Waals surface area contributed by atoms with Crippen molar-refractivity contribution in [1.29, 1.82) is 0 Å². The second kappa shape index (κ2) is 6.65. The Kier molecular flexibility index (Phi) is 4.57. The highest BCUT2D eigenvalue weighted by molar-refractivity contribution is 7.98. The van der Waals surface area contributed by atoms with Crippen LogP contribution in [0.15, 0.2) is 35.6 Å². The number of fused-ring (bicyclic) bond motifs is 1. The van der Waals surface area contributed by atoms with Gasteiger partial charge in [-0.25, -0.2) is 4.98 Å². The fraction of sp³-hybridized carbons (Fsp3) is 0.278. The summed E-state index contributed by atoms with van der Waals surface area (Å²) >= 11 is 1.58. The summed E-state index contributed by atoms with van der Waals surface area (Å²) in [6.07, 6.45) is 3.78. The van der Waals surface area contributed by atoms with Gasteiger partial charge in [-0.15, -0.1) is 0 Å². The van der Waals surface area contributed by atoms with Crippen LogP contribution in [-0.4, -0.2) is 26.7 Å². The number of hydrogen-bond donors (Lipinski definition) is 1. The van der Waals surface area contributed by atoms with Crippen LogP contribution in [0.5, 0.6) is 0 Å². The highest BCUT2D eigenvalue weighted by Gasteiger charge is 2.14. The van der Waals surface area contributed by atoms with Gasteiger partial charge >= 0.3 is 0 Å². The van der Waals surface area contributed by atoms with Gasteiger partial charge in [-0.1, -0.05) is 30.0 Å². The van der Waals surface area contributed by atoms with Crippen molar-refractivity contribution in [2.45, 2.75) is 25.5 Å². The summed E-state index contributed by atoms with van der Waals surface area (Å²) in [5.41, 5.74) is 4.42. The van der Waals surface area contributed by atoms with Gasteiger partial charge in [0.1, 0.15) is 0 Å². The van der Waals surface area contributed by atoms with E-state index >= 15 is 0 Å². The second-order valence-electron chi connectivity index (χ2n) is 5.76. The van der Waals surface area contributed by atoms with Crippen molar-refractivity contribution >= 4 is 28.6 Å². The van der Waals surface area contributed by atoms with Crippen LogP contribution in [0, 0.1) is 13.8 Å². The quantitative estimate of drug-likeness (QED) is 0.741. The molecule has 5 nitrogen and oxygen atoms in total. The molecule has 2 aromatic heterocycles. The zero-order valence-electron chi connectivity index (χ0n) is 14.3. The minimum Gasteiger partial charge on any atom is -0.346 e. The molecule has 3 rings (SSSR count). The first-order valence-corrected chi connectivity index (χ1v) is 8.93. The molecular formula is C18H20N4OS. The summed E-state index contributed by atoms with van der Waals surface area (Å²) in [5.74, 6) is -0.0944. The summed E-state index contributed by atoms with van der Waals surface area (Å²) < 4.78 is 1.99. The van der Waals surface area contributed by atoms with E-state index in [1.807, 2.05) is 56.0 Å². The topological polar surface area (TPSA) is 59.8 Å². The molecule has 0 atom stereocenters. The van der Waals surface area contributed by atoms with Crippen molar-refractivity contribution in [3.8, 4) is 0 Å². The molecule has 0 spiro atoms. The van der Waals surface area contributed by atoms with Crippen LogP contribution in [0.2, 0.25) is 0 Å². The molecule has 2 heterocycles. The van der Waals surface area contributed by atoms with E-state index in [1.54, 1.807) is 18.0 Å². The SMILES string of the molecule is CSc1ncc(CNC(=O)c2cc(C)nc3c(C)cccc23)n1C. The van der Waals surface area contributed by atoms with Gasteiger partial charge in [0.25, 0.3) is 5.91 Å². The van der Waals surface area contributed by atoms with Crippen molar-refractivity contribution in [2.75, 3.05) is 6.26 Å². The minimum absolute atomic E-state index is 0.0944. The summed E-state index contributed by atoms with van der Waals surface area (Å²) in [6, 6.07) is 7.75. The van der Waals surface area contributed by atoms with Gasteiger partial charge in [-0.2, -0.15) is 0 Å². The predicted molar refractivity (Wildman–Crippen MR) is 97.4 cm³/mol. The van der Waals surface area contributed by atoms with Crippen LogP contribution in [0.25, 0.3) is 10.9 Å². The van der Waals surface area contributed by atoms with Crippen molar-refractivity contribution < 1.29 is 4.79 Å².